The molecule has 3 rings (SSSR count). The van der Waals surface area contributed by atoms with E-state index in [0.29, 0.717) is 0 Å². The molecule has 2 aromatic heterocycles. The summed E-state index contributed by atoms with van der Waals surface area (Å²) in [5, 5.41) is 10.6. The third kappa shape index (κ3) is 1.70. The highest BCUT2D eigenvalue weighted by Gasteiger charge is 2.14. The molecule has 3 heteroatoms. The molecule has 98 valence electrons. The summed E-state index contributed by atoms with van der Waals surface area (Å²) >= 11 is 0. The van der Waals surface area contributed by atoms with Gasteiger partial charge in [0.1, 0.15) is 0 Å². The van der Waals surface area contributed by atoms with Crippen LogP contribution in [-0.4, -0.2) is 14.2 Å². The van der Waals surface area contributed by atoms with Gasteiger partial charge in [0.15, 0.2) is 0 Å². The topological polar surface area (TPSA) is 30.1 Å². The van der Waals surface area contributed by atoms with Crippen molar-refractivity contribution in [3.05, 3.63) is 47.8 Å². The van der Waals surface area contributed by atoms with E-state index in [4.69, 9.17) is 0 Å². The Kier molecular flexibility index (Phi) is 2.72. The van der Waals surface area contributed by atoms with E-state index in [1.807, 2.05) is 14.0 Å². The lowest BCUT2D eigenvalue weighted by Gasteiger charge is -2.04. The van der Waals surface area contributed by atoms with Gasteiger partial charge in [-0.1, -0.05) is 18.2 Å². The van der Waals surface area contributed by atoms with Gasteiger partial charge in [0.2, 0.25) is 0 Å². The number of fused-ring (bicyclic) bond motifs is 1. The monoisotopic (exact) mass is 254 g/mol. The molecule has 2 heterocycles. The highest BCUT2D eigenvalue weighted by atomic mass is 16.3. The normalized spacial score (nSPS) is 11.4. The predicted molar refractivity (Wildman–Crippen MR) is 78.0 cm³/mol. The van der Waals surface area contributed by atoms with Gasteiger partial charge in [0, 0.05) is 42.5 Å². The molecule has 0 radical (unpaired) electrons. The van der Waals surface area contributed by atoms with Crippen molar-refractivity contribution in [1.82, 2.24) is 9.13 Å². The van der Waals surface area contributed by atoms with Crippen LogP contribution in [0.4, 0.5) is 0 Å². The summed E-state index contributed by atoms with van der Waals surface area (Å²) in [5.74, 6) is 0. The first-order valence-corrected chi connectivity index (χ1v) is 6.44. The van der Waals surface area contributed by atoms with E-state index in [0.717, 1.165) is 17.0 Å². The summed E-state index contributed by atoms with van der Waals surface area (Å²) < 4.78 is 4.29. The van der Waals surface area contributed by atoms with Gasteiger partial charge in [-0.15, -0.1) is 0 Å². The second-order valence-corrected chi connectivity index (χ2v) is 5.03. The van der Waals surface area contributed by atoms with Crippen LogP contribution in [0.25, 0.3) is 22.2 Å². The zero-order valence-corrected chi connectivity index (χ0v) is 11.5. The summed E-state index contributed by atoms with van der Waals surface area (Å²) in [4.78, 5) is 0. The average molecular weight is 254 g/mol. The van der Waals surface area contributed by atoms with Crippen LogP contribution in [-0.2, 0) is 20.7 Å². The Morgan fingerprint density at radius 1 is 1.16 bits per heavy atom. The molecular formula is C16H18N2O. The molecule has 0 unspecified atom stereocenters. The maximum absolute atomic E-state index is 9.40. The molecular weight excluding hydrogens is 236 g/mol. The summed E-state index contributed by atoms with van der Waals surface area (Å²) in [6.45, 7) is 2.13. The lowest BCUT2D eigenvalue weighted by Crippen LogP contribution is -1.94. The number of aliphatic hydroxyl groups is 1. The van der Waals surface area contributed by atoms with E-state index < -0.39 is 0 Å². The van der Waals surface area contributed by atoms with Gasteiger partial charge < -0.3 is 14.2 Å². The molecule has 0 saturated carbocycles. The third-order valence-electron chi connectivity index (χ3n) is 3.98. The van der Waals surface area contributed by atoms with Crippen molar-refractivity contribution in [2.75, 3.05) is 0 Å². The molecule has 0 fully saturated rings. The molecule has 1 aromatic carbocycles. The number of rotatable bonds is 2. The van der Waals surface area contributed by atoms with E-state index in [9.17, 15) is 5.11 Å². The fourth-order valence-electron chi connectivity index (χ4n) is 2.73. The molecule has 0 saturated heterocycles. The molecule has 0 spiro atoms. The molecule has 0 bridgehead atoms. The molecule has 0 amide bonds. The molecule has 3 nitrogen and oxygen atoms in total. The maximum Gasteiger partial charge on any atom is 0.0699 e. The zero-order chi connectivity index (χ0) is 13.6. The van der Waals surface area contributed by atoms with Crippen molar-refractivity contribution in [2.45, 2.75) is 13.5 Å². The number of benzene rings is 1. The molecule has 0 aliphatic carbocycles. The van der Waals surface area contributed by atoms with Crippen LogP contribution in [0.5, 0.6) is 0 Å². The standard InChI is InChI=1S/C16H18N2O/c1-11-12(10-19)8-16(18(11)3)14-9-17(2)15-7-5-4-6-13(14)15/h4-9,19H,10H2,1-3H3. The average Bonchev–Trinajstić information content (AvgIpc) is 2.90. The van der Waals surface area contributed by atoms with Gasteiger partial charge in [-0.05, 0) is 24.6 Å². The Labute approximate surface area is 112 Å². The minimum Gasteiger partial charge on any atom is -0.392 e. The molecule has 0 atom stereocenters. The largest absolute Gasteiger partial charge is 0.392 e. The summed E-state index contributed by atoms with van der Waals surface area (Å²) in [5.41, 5.74) is 5.69. The molecule has 19 heavy (non-hydrogen) atoms. The lowest BCUT2D eigenvalue weighted by atomic mass is 10.1. The number of para-hydroxylation sites is 1. The SMILES string of the molecule is Cc1c(CO)cc(-c2cn(C)c3ccccc23)n1C. The fourth-order valence-corrected chi connectivity index (χ4v) is 2.73. The predicted octanol–water partition coefficient (Wildman–Crippen LogP) is 2.98. The van der Waals surface area contributed by atoms with Gasteiger partial charge in [-0.25, -0.2) is 0 Å². The summed E-state index contributed by atoms with van der Waals surface area (Å²) in [6, 6.07) is 10.5. The molecule has 0 aliphatic rings. The van der Waals surface area contributed by atoms with Crippen LogP contribution >= 0.6 is 0 Å². The van der Waals surface area contributed by atoms with E-state index >= 15 is 0 Å². The molecule has 3 aromatic rings. The van der Waals surface area contributed by atoms with E-state index in [-0.39, 0.29) is 6.61 Å². The Bertz CT molecular complexity index is 750. The quantitative estimate of drug-likeness (QED) is 0.748. The maximum atomic E-state index is 9.40. The number of nitrogens with zero attached hydrogens (tertiary/aromatic N) is 2. The first-order valence-electron chi connectivity index (χ1n) is 6.44. The van der Waals surface area contributed by atoms with Crippen molar-refractivity contribution in [1.29, 1.82) is 0 Å². The van der Waals surface area contributed by atoms with E-state index in [1.165, 1.54) is 16.5 Å². The molecule has 1 N–H and O–H groups in total. The van der Waals surface area contributed by atoms with Crippen LogP contribution in [0.3, 0.4) is 0 Å². The van der Waals surface area contributed by atoms with Gasteiger partial charge in [0.05, 0.1) is 12.3 Å². The Morgan fingerprint density at radius 3 is 2.58 bits per heavy atom. The summed E-state index contributed by atoms with van der Waals surface area (Å²) in [7, 11) is 4.11. The molecule has 0 aliphatic heterocycles. The van der Waals surface area contributed by atoms with Crippen molar-refractivity contribution in [3.8, 4) is 11.3 Å². The van der Waals surface area contributed by atoms with E-state index in [1.54, 1.807) is 0 Å². The van der Waals surface area contributed by atoms with Crippen molar-refractivity contribution >= 4 is 10.9 Å². The van der Waals surface area contributed by atoms with Crippen LogP contribution in [0.1, 0.15) is 11.3 Å². The van der Waals surface area contributed by atoms with Gasteiger partial charge in [-0.3, -0.25) is 0 Å². The Balaban J connectivity index is 2.31. The van der Waals surface area contributed by atoms with Gasteiger partial charge in [-0.2, -0.15) is 0 Å². The Morgan fingerprint density at radius 2 is 1.89 bits per heavy atom. The van der Waals surface area contributed by atoms with Crippen molar-refractivity contribution < 1.29 is 5.11 Å². The van der Waals surface area contributed by atoms with E-state index in [2.05, 4.69) is 52.7 Å². The number of aliphatic hydroxyl groups excluding tert-OH is 1. The summed E-state index contributed by atoms with van der Waals surface area (Å²) in [6.07, 6.45) is 2.15. The zero-order valence-electron chi connectivity index (χ0n) is 11.5. The fraction of sp³-hybridized carbons (Fsp3) is 0.250. The highest BCUT2D eigenvalue weighted by Crippen LogP contribution is 2.32. The van der Waals surface area contributed by atoms with Gasteiger partial charge >= 0.3 is 0 Å². The van der Waals surface area contributed by atoms with Crippen LogP contribution in [0.2, 0.25) is 0 Å². The highest BCUT2D eigenvalue weighted by molar-refractivity contribution is 5.95. The minimum atomic E-state index is 0.0877. The smallest absolute Gasteiger partial charge is 0.0699 e. The number of aromatic nitrogens is 2. The first kappa shape index (κ1) is 12.1. The first-order chi connectivity index (χ1) is 9.13. The Hall–Kier alpha value is -2.00. The second-order valence-electron chi connectivity index (χ2n) is 5.03. The number of hydrogen-bond donors (Lipinski definition) is 1. The van der Waals surface area contributed by atoms with Crippen LogP contribution in [0, 0.1) is 6.92 Å². The second kappa shape index (κ2) is 4.28. The van der Waals surface area contributed by atoms with Crippen molar-refractivity contribution in [3.63, 3.8) is 0 Å². The minimum absolute atomic E-state index is 0.0877. The lowest BCUT2D eigenvalue weighted by molar-refractivity contribution is 0.281. The third-order valence-corrected chi connectivity index (χ3v) is 3.98. The number of hydrogen-bond acceptors (Lipinski definition) is 1. The number of aryl methyl sites for hydroxylation is 1. The van der Waals surface area contributed by atoms with Gasteiger partial charge in [0.25, 0.3) is 0 Å². The van der Waals surface area contributed by atoms with Crippen LogP contribution in [0.15, 0.2) is 36.5 Å². The van der Waals surface area contributed by atoms with Crippen molar-refractivity contribution in [2.24, 2.45) is 14.1 Å². The van der Waals surface area contributed by atoms with Crippen LogP contribution < -0.4 is 0 Å².